The van der Waals surface area contributed by atoms with Crippen molar-refractivity contribution in [3.8, 4) is 5.75 Å². The van der Waals surface area contributed by atoms with E-state index in [-0.39, 0.29) is 0 Å². The van der Waals surface area contributed by atoms with Crippen LogP contribution in [0.2, 0.25) is 0 Å². The highest BCUT2D eigenvalue weighted by Gasteiger charge is 2.35. The molecule has 1 aromatic rings. The normalized spacial score (nSPS) is 27.4. The third kappa shape index (κ3) is 3.74. The van der Waals surface area contributed by atoms with Gasteiger partial charge in [0.25, 0.3) is 0 Å². The Morgan fingerprint density at radius 2 is 2.05 bits per heavy atom. The molecule has 1 aliphatic heterocycles. The summed E-state index contributed by atoms with van der Waals surface area (Å²) in [5.74, 6) is 1.93. The van der Waals surface area contributed by atoms with Crippen molar-refractivity contribution in [2.45, 2.75) is 38.3 Å². The van der Waals surface area contributed by atoms with Crippen molar-refractivity contribution in [2.24, 2.45) is 5.92 Å². The maximum Gasteiger partial charge on any atom is 0.119 e. The maximum atomic E-state index is 5.78. The van der Waals surface area contributed by atoms with Gasteiger partial charge in [0.05, 0.1) is 6.61 Å². The van der Waals surface area contributed by atoms with E-state index in [0.29, 0.717) is 6.04 Å². The maximum absolute atomic E-state index is 5.78. The van der Waals surface area contributed by atoms with Gasteiger partial charge in [-0.1, -0.05) is 18.2 Å². The highest BCUT2D eigenvalue weighted by Crippen LogP contribution is 2.34. The van der Waals surface area contributed by atoms with Gasteiger partial charge in [-0.2, -0.15) is 0 Å². The van der Waals surface area contributed by atoms with Crippen molar-refractivity contribution in [1.29, 1.82) is 0 Å². The van der Waals surface area contributed by atoms with Crippen LogP contribution in [0.4, 0.5) is 0 Å². The molecule has 2 aliphatic rings. The lowest BCUT2D eigenvalue weighted by atomic mass is 10.1. The van der Waals surface area contributed by atoms with Gasteiger partial charge in [0, 0.05) is 31.7 Å². The van der Waals surface area contributed by atoms with Crippen LogP contribution in [-0.2, 0) is 0 Å². The van der Waals surface area contributed by atoms with E-state index in [4.69, 9.17) is 4.74 Å². The molecule has 2 atom stereocenters. The Morgan fingerprint density at radius 3 is 2.80 bits per heavy atom. The second-order valence-electron chi connectivity index (χ2n) is 6.21. The summed E-state index contributed by atoms with van der Waals surface area (Å²) in [5, 5.41) is 3.70. The summed E-state index contributed by atoms with van der Waals surface area (Å²) in [6.45, 7) is 6.65. The van der Waals surface area contributed by atoms with Crippen LogP contribution in [0, 0.1) is 5.92 Å². The van der Waals surface area contributed by atoms with E-state index < -0.39 is 0 Å². The molecule has 0 spiro atoms. The van der Waals surface area contributed by atoms with Crippen LogP contribution in [0.3, 0.4) is 0 Å². The molecule has 0 aromatic heterocycles. The van der Waals surface area contributed by atoms with Crippen LogP contribution >= 0.6 is 0 Å². The van der Waals surface area contributed by atoms with Crippen LogP contribution in [0.25, 0.3) is 0 Å². The summed E-state index contributed by atoms with van der Waals surface area (Å²) in [4.78, 5) is 2.63. The molecule has 0 amide bonds. The first-order chi connectivity index (χ1) is 9.83. The van der Waals surface area contributed by atoms with E-state index in [0.717, 1.165) is 43.8 Å². The molecule has 3 nitrogen and oxygen atoms in total. The average Bonchev–Trinajstić information content (AvgIpc) is 3.31. The van der Waals surface area contributed by atoms with E-state index in [1.165, 1.54) is 19.4 Å². The number of ether oxygens (including phenoxy) is 1. The summed E-state index contributed by atoms with van der Waals surface area (Å²) in [6.07, 6.45) is 3.96. The van der Waals surface area contributed by atoms with Crippen LogP contribution in [0.5, 0.6) is 5.75 Å². The standard InChI is InChI=1S/C17H26N2O/c1-14-12-18-17(15-8-9-15)13-19(14)10-5-11-20-16-6-3-2-4-7-16/h2-4,6-7,14-15,17-18H,5,8-13H2,1H3. The first-order valence-corrected chi connectivity index (χ1v) is 7.98. The van der Waals surface area contributed by atoms with Gasteiger partial charge in [-0.3, -0.25) is 4.90 Å². The molecule has 0 radical (unpaired) electrons. The fourth-order valence-corrected chi connectivity index (χ4v) is 3.05. The van der Waals surface area contributed by atoms with Gasteiger partial charge in [-0.05, 0) is 44.2 Å². The number of nitrogens with one attached hydrogen (secondary N) is 1. The summed E-state index contributed by atoms with van der Waals surface area (Å²) in [6, 6.07) is 11.5. The van der Waals surface area contributed by atoms with Crippen LogP contribution < -0.4 is 10.1 Å². The zero-order chi connectivity index (χ0) is 13.8. The van der Waals surface area contributed by atoms with Gasteiger partial charge in [0.1, 0.15) is 5.75 Å². The monoisotopic (exact) mass is 274 g/mol. The van der Waals surface area contributed by atoms with Gasteiger partial charge in [0.15, 0.2) is 0 Å². The minimum atomic E-state index is 0.654. The minimum absolute atomic E-state index is 0.654. The zero-order valence-electron chi connectivity index (χ0n) is 12.4. The van der Waals surface area contributed by atoms with E-state index in [2.05, 4.69) is 17.1 Å². The molecular formula is C17H26N2O. The SMILES string of the molecule is CC1CNC(C2CC2)CN1CCCOc1ccccc1. The first kappa shape index (κ1) is 13.9. The Morgan fingerprint density at radius 1 is 1.25 bits per heavy atom. The lowest BCUT2D eigenvalue weighted by molar-refractivity contribution is 0.124. The molecular weight excluding hydrogens is 248 g/mol. The lowest BCUT2D eigenvalue weighted by Gasteiger charge is -2.39. The van der Waals surface area contributed by atoms with Gasteiger partial charge < -0.3 is 10.1 Å². The average molecular weight is 274 g/mol. The number of hydrogen-bond acceptors (Lipinski definition) is 3. The summed E-state index contributed by atoms with van der Waals surface area (Å²) in [7, 11) is 0. The number of para-hydroxylation sites is 1. The molecule has 1 aromatic carbocycles. The largest absolute Gasteiger partial charge is 0.494 e. The molecule has 1 saturated carbocycles. The predicted octanol–water partition coefficient (Wildman–Crippen LogP) is 2.53. The summed E-state index contributed by atoms with van der Waals surface area (Å²) in [5.41, 5.74) is 0. The van der Waals surface area contributed by atoms with Crippen LogP contribution in [0.1, 0.15) is 26.2 Å². The van der Waals surface area contributed by atoms with E-state index in [1.54, 1.807) is 0 Å². The van der Waals surface area contributed by atoms with Crippen LogP contribution in [-0.4, -0.2) is 43.2 Å². The molecule has 0 bridgehead atoms. The van der Waals surface area contributed by atoms with Crippen molar-refractivity contribution in [1.82, 2.24) is 10.2 Å². The minimum Gasteiger partial charge on any atom is -0.494 e. The third-order valence-electron chi connectivity index (χ3n) is 4.52. The van der Waals surface area contributed by atoms with Crippen molar-refractivity contribution < 1.29 is 4.74 Å². The quantitative estimate of drug-likeness (QED) is 0.807. The lowest BCUT2D eigenvalue weighted by Crippen LogP contribution is -2.56. The Balaban J connectivity index is 1.38. The molecule has 1 N–H and O–H groups in total. The number of benzene rings is 1. The van der Waals surface area contributed by atoms with Crippen molar-refractivity contribution in [3.05, 3.63) is 30.3 Å². The molecule has 3 heteroatoms. The number of hydrogen-bond donors (Lipinski definition) is 1. The van der Waals surface area contributed by atoms with Gasteiger partial charge in [-0.15, -0.1) is 0 Å². The first-order valence-electron chi connectivity index (χ1n) is 7.98. The molecule has 110 valence electrons. The smallest absolute Gasteiger partial charge is 0.119 e. The third-order valence-corrected chi connectivity index (χ3v) is 4.52. The molecule has 1 saturated heterocycles. The topological polar surface area (TPSA) is 24.5 Å². The number of nitrogens with zero attached hydrogens (tertiary/aromatic N) is 1. The highest BCUT2D eigenvalue weighted by atomic mass is 16.5. The van der Waals surface area contributed by atoms with Gasteiger partial charge in [0.2, 0.25) is 0 Å². The van der Waals surface area contributed by atoms with Crippen LogP contribution in [0.15, 0.2) is 30.3 Å². The second kappa shape index (κ2) is 6.59. The Labute approximate surface area is 122 Å². The van der Waals surface area contributed by atoms with E-state index >= 15 is 0 Å². The van der Waals surface area contributed by atoms with Crippen molar-refractivity contribution in [3.63, 3.8) is 0 Å². The highest BCUT2D eigenvalue weighted by molar-refractivity contribution is 5.20. The second-order valence-corrected chi connectivity index (χ2v) is 6.21. The fraction of sp³-hybridized carbons (Fsp3) is 0.647. The van der Waals surface area contributed by atoms with Crippen molar-refractivity contribution in [2.75, 3.05) is 26.2 Å². The Bertz CT molecular complexity index is 405. The molecule has 20 heavy (non-hydrogen) atoms. The number of piperazine rings is 1. The van der Waals surface area contributed by atoms with E-state index in [1.807, 2.05) is 30.3 Å². The Kier molecular flexibility index (Phi) is 4.58. The van der Waals surface area contributed by atoms with Crippen molar-refractivity contribution >= 4 is 0 Å². The molecule has 1 aliphatic carbocycles. The Hall–Kier alpha value is -1.06. The molecule has 2 fully saturated rings. The van der Waals surface area contributed by atoms with Gasteiger partial charge >= 0.3 is 0 Å². The molecule has 3 rings (SSSR count). The summed E-state index contributed by atoms with van der Waals surface area (Å²) < 4.78 is 5.78. The van der Waals surface area contributed by atoms with E-state index in [9.17, 15) is 0 Å². The molecule has 2 unspecified atom stereocenters. The zero-order valence-corrected chi connectivity index (χ0v) is 12.4. The number of rotatable bonds is 6. The molecule has 1 heterocycles. The fourth-order valence-electron chi connectivity index (χ4n) is 3.05. The summed E-state index contributed by atoms with van der Waals surface area (Å²) >= 11 is 0. The predicted molar refractivity (Wildman–Crippen MR) is 82.1 cm³/mol. The van der Waals surface area contributed by atoms with Gasteiger partial charge in [-0.25, -0.2) is 0 Å².